The zero-order valence-corrected chi connectivity index (χ0v) is 18.9. The topological polar surface area (TPSA) is 137 Å². The van der Waals surface area contributed by atoms with E-state index in [1.807, 2.05) is 6.07 Å². The number of rotatable bonds is 9. The lowest BCUT2D eigenvalue weighted by molar-refractivity contribution is -0.143. The zero-order valence-electron chi connectivity index (χ0n) is 18.9. The van der Waals surface area contributed by atoms with Gasteiger partial charge in [0.25, 0.3) is 0 Å². The van der Waals surface area contributed by atoms with Crippen LogP contribution in [0.3, 0.4) is 0 Å². The van der Waals surface area contributed by atoms with Gasteiger partial charge in [-0.05, 0) is 56.6 Å². The fourth-order valence-corrected chi connectivity index (χ4v) is 4.01. The molecule has 0 aromatic carbocycles. The molecule has 0 spiro atoms. The number of carboxylic acid groups (broad SMARTS) is 1. The van der Waals surface area contributed by atoms with Gasteiger partial charge in [0.2, 0.25) is 11.8 Å². The van der Waals surface area contributed by atoms with Gasteiger partial charge in [0.15, 0.2) is 11.5 Å². The molecule has 3 heterocycles. The van der Waals surface area contributed by atoms with Gasteiger partial charge in [-0.3, -0.25) is 9.78 Å². The number of aryl methyl sites for hydroxylation is 1. The van der Waals surface area contributed by atoms with E-state index in [4.69, 9.17) is 9.47 Å². The average Bonchev–Trinajstić information content (AvgIpc) is 3.61. The van der Waals surface area contributed by atoms with E-state index in [0.717, 1.165) is 12.8 Å². The lowest BCUT2D eigenvalue weighted by Crippen LogP contribution is -2.29. The van der Waals surface area contributed by atoms with Crippen molar-refractivity contribution >= 4 is 17.7 Å². The van der Waals surface area contributed by atoms with Crippen molar-refractivity contribution in [1.82, 2.24) is 29.9 Å². The number of anilines is 2. The molecule has 0 unspecified atom stereocenters. The maximum Gasteiger partial charge on any atom is 0.306 e. The number of hydrogen-bond donors (Lipinski definition) is 2. The first-order valence-corrected chi connectivity index (χ1v) is 11.5. The number of carbonyl (C=O) groups is 1. The van der Waals surface area contributed by atoms with E-state index in [0.29, 0.717) is 60.1 Å². The number of carboxylic acids is 1. The van der Waals surface area contributed by atoms with Crippen LogP contribution in [0.2, 0.25) is 0 Å². The molecule has 0 aliphatic heterocycles. The molecular formula is C23H27N7O4. The molecule has 0 amide bonds. The second-order valence-corrected chi connectivity index (χ2v) is 8.83. The Hall–Kier alpha value is -3.76. The molecule has 2 atom stereocenters. The number of nitrogens with one attached hydrogen (secondary N) is 1. The van der Waals surface area contributed by atoms with Crippen LogP contribution in [0, 0.1) is 11.8 Å². The van der Waals surface area contributed by atoms with Crippen LogP contribution >= 0.6 is 0 Å². The van der Waals surface area contributed by atoms with Crippen LogP contribution in [-0.4, -0.2) is 53.7 Å². The van der Waals surface area contributed by atoms with Crippen LogP contribution in [0.4, 0.5) is 11.8 Å². The number of pyridine rings is 1. The van der Waals surface area contributed by atoms with E-state index in [-0.39, 0.29) is 12.0 Å². The van der Waals surface area contributed by atoms with Gasteiger partial charge in [0.1, 0.15) is 5.75 Å². The molecule has 2 N–H and O–H groups in total. The summed E-state index contributed by atoms with van der Waals surface area (Å²) in [4.78, 5) is 24.5. The Morgan fingerprint density at radius 2 is 2.09 bits per heavy atom. The molecular weight excluding hydrogens is 438 g/mol. The monoisotopic (exact) mass is 465 g/mol. The highest BCUT2D eigenvalue weighted by Gasteiger charge is 2.28. The highest BCUT2D eigenvalue weighted by molar-refractivity contribution is 5.71. The molecule has 0 bridgehead atoms. The molecule has 2 aliphatic rings. The third-order valence-corrected chi connectivity index (χ3v) is 6.11. The smallest absolute Gasteiger partial charge is 0.306 e. The molecule has 2 aliphatic carbocycles. The molecule has 2 saturated carbocycles. The zero-order chi connectivity index (χ0) is 23.5. The van der Waals surface area contributed by atoms with Gasteiger partial charge in [-0.1, -0.05) is 5.21 Å². The van der Waals surface area contributed by atoms with Crippen LogP contribution < -0.4 is 14.8 Å². The summed E-state index contributed by atoms with van der Waals surface area (Å²) in [5.41, 5.74) is 1.15. The molecule has 11 nitrogen and oxygen atoms in total. The number of aromatic nitrogens is 6. The quantitative estimate of drug-likeness (QED) is 0.484. The van der Waals surface area contributed by atoms with Crippen molar-refractivity contribution in [3.8, 4) is 23.0 Å². The summed E-state index contributed by atoms with van der Waals surface area (Å²) in [6.45, 7) is 0.672. The van der Waals surface area contributed by atoms with Crippen molar-refractivity contribution in [3.63, 3.8) is 0 Å². The number of hydrogen-bond acceptors (Lipinski definition) is 9. The van der Waals surface area contributed by atoms with Crippen molar-refractivity contribution in [2.45, 2.75) is 44.6 Å². The molecule has 5 rings (SSSR count). The minimum atomic E-state index is -0.756. The van der Waals surface area contributed by atoms with E-state index < -0.39 is 5.97 Å². The van der Waals surface area contributed by atoms with E-state index in [1.54, 1.807) is 36.3 Å². The van der Waals surface area contributed by atoms with E-state index >= 15 is 0 Å². The van der Waals surface area contributed by atoms with Crippen molar-refractivity contribution < 1.29 is 19.4 Å². The predicted octanol–water partition coefficient (Wildman–Crippen LogP) is 3.22. The summed E-state index contributed by atoms with van der Waals surface area (Å²) in [5.74, 6) is 1.62. The van der Waals surface area contributed by atoms with Crippen LogP contribution in [-0.2, 0) is 11.8 Å². The molecule has 3 aromatic heterocycles. The van der Waals surface area contributed by atoms with Gasteiger partial charge in [0.05, 0.1) is 30.5 Å². The van der Waals surface area contributed by atoms with Crippen LogP contribution in [0.15, 0.2) is 30.6 Å². The minimum Gasteiger partial charge on any atom is -0.489 e. The Morgan fingerprint density at radius 3 is 2.85 bits per heavy atom. The maximum absolute atomic E-state index is 11.3. The first-order chi connectivity index (χ1) is 16.5. The van der Waals surface area contributed by atoms with Crippen molar-refractivity contribution in [2.75, 3.05) is 11.9 Å². The predicted molar refractivity (Wildman–Crippen MR) is 122 cm³/mol. The van der Waals surface area contributed by atoms with Crippen molar-refractivity contribution in [1.29, 1.82) is 0 Å². The normalized spacial score (nSPS) is 20.0. The highest BCUT2D eigenvalue weighted by Crippen LogP contribution is 2.31. The Bertz CT molecular complexity index is 1150. The van der Waals surface area contributed by atoms with Crippen LogP contribution in [0.5, 0.6) is 11.6 Å². The fraction of sp³-hybridized carbons (Fsp3) is 0.478. The first kappa shape index (κ1) is 22.1. The molecule has 0 saturated heterocycles. The second kappa shape index (κ2) is 9.62. The largest absolute Gasteiger partial charge is 0.489 e. The molecule has 3 aromatic rings. The summed E-state index contributed by atoms with van der Waals surface area (Å²) in [6.07, 6.45) is 8.47. The lowest BCUT2D eigenvalue weighted by Gasteiger charge is -2.27. The second-order valence-electron chi connectivity index (χ2n) is 8.83. The molecule has 0 radical (unpaired) electrons. The van der Waals surface area contributed by atoms with Crippen LogP contribution in [0.25, 0.3) is 11.4 Å². The standard InChI is InChI=1S/C23H27N7O4/c1-30-21(27-23-24-10-9-19(26-23)33-13-14-5-6-14)20(28-29-30)18-8-7-17(12-25-18)34-16-4-2-3-15(11-16)22(31)32/h7-10,12,14-16H,2-6,11,13H2,1H3,(H,31,32)(H,24,26,27)/t15-,16-/m0/s1. The summed E-state index contributed by atoms with van der Waals surface area (Å²) >= 11 is 0. The lowest BCUT2D eigenvalue weighted by atomic mass is 9.87. The SMILES string of the molecule is Cn1nnc(-c2ccc(O[C@H]3CCC[C@H](C(=O)O)C3)cn2)c1Nc1nccc(OCC2CC2)n1. The highest BCUT2D eigenvalue weighted by atomic mass is 16.5. The van der Waals surface area contributed by atoms with E-state index in [1.165, 1.54) is 12.8 Å². The minimum absolute atomic E-state index is 0.122. The number of nitrogens with zero attached hydrogens (tertiary/aromatic N) is 6. The summed E-state index contributed by atoms with van der Waals surface area (Å²) < 4.78 is 13.3. The Morgan fingerprint density at radius 1 is 1.21 bits per heavy atom. The van der Waals surface area contributed by atoms with E-state index in [2.05, 4.69) is 30.6 Å². The molecule has 2 fully saturated rings. The summed E-state index contributed by atoms with van der Waals surface area (Å²) in [6, 6.07) is 5.35. The molecule has 34 heavy (non-hydrogen) atoms. The molecule has 178 valence electrons. The number of aliphatic carboxylic acids is 1. The van der Waals surface area contributed by atoms with Gasteiger partial charge in [0, 0.05) is 19.3 Å². The van der Waals surface area contributed by atoms with Crippen LogP contribution in [0.1, 0.15) is 38.5 Å². The average molecular weight is 466 g/mol. The van der Waals surface area contributed by atoms with E-state index in [9.17, 15) is 9.90 Å². The number of ether oxygens (including phenoxy) is 2. The Labute approximate surface area is 196 Å². The third kappa shape index (κ3) is 5.24. The van der Waals surface area contributed by atoms with Gasteiger partial charge >= 0.3 is 5.97 Å². The summed E-state index contributed by atoms with van der Waals surface area (Å²) in [7, 11) is 1.77. The van der Waals surface area contributed by atoms with Crippen molar-refractivity contribution in [3.05, 3.63) is 30.6 Å². The summed E-state index contributed by atoms with van der Waals surface area (Å²) in [5, 5.41) is 20.8. The fourth-order valence-electron chi connectivity index (χ4n) is 4.01. The van der Waals surface area contributed by atoms with Gasteiger partial charge in [-0.2, -0.15) is 4.98 Å². The Kier molecular flexibility index (Phi) is 6.24. The molecule has 11 heteroatoms. The third-order valence-electron chi connectivity index (χ3n) is 6.11. The first-order valence-electron chi connectivity index (χ1n) is 11.5. The van der Waals surface area contributed by atoms with Gasteiger partial charge < -0.3 is 19.9 Å². The van der Waals surface area contributed by atoms with Gasteiger partial charge in [-0.25, -0.2) is 9.67 Å². The van der Waals surface area contributed by atoms with Gasteiger partial charge in [-0.15, -0.1) is 5.10 Å². The maximum atomic E-state index is 11.3. The van der Waals surface area contributed by atoms with Crippen molar-refractivity contribution in [2.24, 2.45) is 18.9 Å². The Balaban J connectivity index is 1.27.